The fourth-order valence-corrected chi connectivity index (χ4v) is 3.51. The monoisotopic (exact) mass is 322 g/mol. The molecule has 21 heavy (non-hydrogen) atoms. The van der Waals surface area contributed by atoms with E-state index in [1.807, 2.05) is 13.8 Å². The lowest BCUT2D eigenvalue weighted by Gasteiger charge is -2.32. The van der Waals surface area contributed by atoms with Crippen molar-refractivity contribution in [3.63, 3.8) is 0 Å². The average molecular weight is 322 g/mol. The third kappa shape index (κ3) is 3.48. The maximum atomic E-state index is 12.6. The molecule has 0 aliphatic carbocycles. The van der Waals surface area contributed by atoms with Gasteiger partial charge in [0.15, 0.2) is 5.13 Å². The molecule has 0 unspecified atom stereocenters. The fraction of sp³-hybridized carbons (Fsp3) is 0.692. The van der Waals surface area contributed by atoms with Crippen molar-refractivity contribution in [1.29, 1.82) is 0 Å². The smallest absolute Gasteiger partial charge is 0.391 e. The number of hydrogen-bond acceptors (Lipinski definition) is 4. The van der Waals surface area contributed by atoms with Crippen molar-refractivity contribution in [1.82, 2.24) is 4.98 Å². The molecule has 2 heterocycles. The highest BCUT2D eigenvalue weighted by molar-refractivity contribution is 7.17. The Balaban J connectivity index is 2.14. The molecule has 2 rings (SSSR count). The van der Waals surface area contributed by atoms with E-state index in [-0.39, 0.29) is 36.7 Å². The molecule has 0 radical (unpaired) electrons. The van der Waals surface area contributed by atoms with Gasteiger partial charge in [0.1, 0.15) is 4.88 Å². The minimum atomic E-state index is -4.15. The summed E-state index contributed by atoms with van der Waals surface area (Å²) in [5.41, 5.74) is 0.500. The molecule has 1 fully saturated rings. The summed E-state index contributed by atoms with van der Waals surface area (Å²) in [5, 5.41) is 9.69. The Bertz CT molecular complexity index is 520. The van der Waals surface area contributed by atoms with E-state index in [1.165, 1.54) is 0 Å². The van der Waals surface area contributed by atoms with Crippen molar-refractivity contribution in [3.05, 3.63) is 10.6 Å². The Hall–Kier alpha value is -1.31. The summed E-state index contributed by atoms with van der Waals surface area (Å²) >= 11 is 1.05. The van der Waals surface area contributed by atoms with E-state index in [9.17, 15) is 23.1 Å². The van der Waals surface area contributed by atoms with Gasteiger partial charge in [0.05, 0.1) is 11.6 Å². The lowest BCUT2D eigenvalue weighted by Crippen LogP contribution is -2.38. The van der Waals surface area contributed by atoms with Gasteiger partial charge in [-0.25, -0.2) is 9.78 Å². The van der Waals surface area contributed by atoms with Crippen LogP contribution in [0.3, 0.4) is 0 Å². The highest BCUT2D eigenvalue weighted by Gasteiger charge is 2.41. The Labute approximate surface area is 124 Å². The number of carboxylic acids is 1. The second-order valence-corrected chi connectivity index (χ2v) is 6.45. The van der Waals surface area contributed by atoms with E-state index >= 15 is 0 Å². The van der Waals surface area contributed by atoms with Gasteiger partial charge < -0.3 is 10.0 Å². The number of piperidine rings is 1. The first-order chi connectivity index (χ1) is 9.70. The number of rotatable bonds is 3. The third-order valence-electron chi connectivity index (χ3n) is 3.61. The van der Waals surface area contributed by atoms with Crippen molar-refractivity contribution < 1.29 is 23.1 Å². The number of aromatic nitrogens is 1. The second kappa shape index (κ2) is 5.82. The first kappa shape index (κ1) is 16.1. The van der Waals surface area contributed by atoms with Crippen molar-refractivity contribution in [2.45, 2.75) is 38.8 Å². The number of thiazole rings is 1. The molecule has 0 amide bonds. The highest BCUT2D eigenvalue weighted by atomic mass is 32.1. The second-order valence-electron chi connectivity index (χ2n) is 5.47. The zero-order valence-corrected chi connectivity index (χ0v) is 12.6. The number of carbonyl (C=O) groups is 1. The summed E-state index contributed by atoms with van der Waals surface area (Å²) in [6.07, 6.45) is -4.09. The van der Waals surface area contributed by atoms with Crippen LogP contribution in [0, 0.1) is 5.92 Å². The van der Waals surface area contributed by atoms with Crippen molar-refractivity contribution in [2.75, 3.05) is 18.0 Å². The Morgan fingerprint density at radius 3 is 2.33 bits per heavy atom. The summed E-state index contributed by atoms with van der Waals surface area (Å²) in [5.74, 6) is -2.33. The minimum absolute atomic E-state index is 0.0303. The molecule has 1 N–H and O–H groups in total. The van der Waals surface area contributed by atoms with Crippen LogP contribution >= 0.6 is 11.3 Å². The summed E-state index contributed by atoms with van der Waals surface area (Å²) in [4.78, 5) is 17.5. The van der Waals surface area contributed by atoms with Gasteiger partial charge in [-0.3, -0.25) is 0 Å². The van der Waals surface area contributed by atoms with E-state index < -0.39 is 18.1 Å². The Morgan fingerprint density at radius 2 is 1.95 bits per heavy atom. The van der Waals surface area contributed by atoms with Gasteiger partial charge in [0.2, 0.25) is 0 Å². The summed E-state index contributed by atoms with van der Waals surface area (Å²) in [7, 11) is 0. The number of hydrogen-bond donors (Lipinski definition) is 1. The van der Waals surface area contributed by atoms with Gasteiger partial charge in [-0.05, 0) is 18.8 Å². The summed E-state index contributed by atoms with van der Waals surface area (Å²) in [6, 6.07) is 0. The average Bonchev–Trinajstić information content (AvgIpc) is 2.83. The molecule has 1 aromatic heterocycles. The molecule has 8 heteroatoms. The lowest BCUT2D eigenvalue weighted by atomic mass is 9.97. The number of nitrogens with zero attached hydrogens (tertiary/aromatic N) is 2. The van der Waals surface area contributed by atoms with Gasteiger partial charge in [-0.15, -0.1) is 0 Å². The molecular formula is C13H17F3N2O2S. The number of halogens is 3. The molecule has 0 aromatic carbocycles. The van der Waals surface area contributed by atoms with E-state index in [1.54, 1.807) is 4.90 Å². The van der Waals surface area contributed by atoms with Crippen LogP contribution in [-0.2, 0) is 0 Å². The van der Waals surface area contributed by atoms with E-state index in [0.717, 1.165) is 11.3 Å². The van der Waals surface area contributed by atoms with Crippen LogP contribution in [0.1, 0.15) is 48.0 Å². The summed E-state index contributed by atoms with van der Waals surface area (Å²) in [6.45, 7) is 4.21. The number of carboxylic acid groups (broad SMARTS) is 1. The predicted octanol–water partition coefficient (Wildman–Crippen LogP) is 3.74. The van der Waals surface area contributed by atoms with Gasteiger partial charge >= 0.3 is 12.1 Å². The van der Waals surface area contributed by atoms with Crippen LogP contribution in [0.4, 0.5) is 18.3 Å². The quantitative estimate of drug-likeness (QED) is 0.921. The van der Waals surface area contributed by atoms with Crippen molar-refractivity contribution in [3.8, 4) is 0 Å². The highest BCUT2D eigenvalue weighted by Crippen LogP contribution is 2.37. The zero-order chi connectivity index (χ0) is 15.8. The minimum Gasteiger partial charge on any atom is -0.477 e. The van der Waals surface area contributed by atoms with Crippen LogP contribution in [0.15, 0.2) is 0 Å². The van der Waals surface area contributed by atoms with Crippen LogP contribution in [0.2, 0.25) is 0 Å². The van der Waals surface area contributed by atoms with Gasteiger partial charge in [0.25, 0.3) is 0 Å². The normalized spacial score (nSPS) is 17.5. The first-order valence-electron chi connectivity index (χ1n) is 6.75. The SMILES string of the molecule is CC(C)c1nc(N2CCC(C(F)(F)F)CC2)sc1C(=O)O. The predicted molar refractivity (Wildman–Crippen MR) is 74.2 cm³/mol. The molecule has 1 aliphatic heterocycles. The topological polar surface area (TPSA) is 53.4 Å². The molecule has 118 valence electrons. The molecule has 0 saturated carbocycles. The van der Waals surface area contributed by atoms with Gasteiger partial charge in [-0.1, -0.05) is 25.2 Å². The molecular weight excluding hydrogens is 305 g/mol. The molecule has 0 spiro atoms. The number of alkyl halides is 3. The molecule has 0 bridgehead atoms. The fourth-order valence-electron chi connectivity index (χ4n) is 2.40. The van der Waals surface area contributed by atoms with E-state index in [4.69, 9.17) is 0 Å². The van der Waals surface area contributed by atoms with Crippen molar-refractivity contribution in [2.24, 2.45) is 5.92 Å². The van der Waals surface area contributed by atoms with Crippen LogP contribution < -0.4 is 4.90 Å². The van der Waals surface area contributed by atoms with Crippen LogP contribution in [0.5, 0.6) is 0 Å². The molecule has 0 atom stereocenters. The lowest BCUT2D eigenvalue weighted by molar-refractivity contribution is -0.179. The van der Waals surface area contributed by atoms with Crippen LogP contribution in [0.25, 0.3) is 0 Å². The van der Waals surface area contributed by atoms with E-state index in [2.05, 4.69) is 4.98 Å². The van der Waals surface area contributed by atoms with Gasteiger partial charge in [0, 0.05) is 13.1 Å². The largest absolute Gasteiger partial charge is 0.477 e. The molecule has 1 saturated heterocycles. The first-order valence-corrected chi connectivity index (χ1v) is 7.57. The van der Waals surface area contributed by atoms with E-state index in [0.29, 0.717) is 10.8 Å². The maximum absolute atomic E-state index is 12.6. The zero-order valence-electron chi connectivity index (χ0n) is 11.8. The Kier molecular flexibility index (Phi) is 4.46. The molecule has 1 aromatic rings. The summed E-state index contributed by atoms with van der Waals surface area (Å²) < 4.78 is 37.9. The Morgan fingerprint density at radius 1 is 1.38 bits per heavy atom. The maximum Gasteiger partial charge on any atom is 0.391 e. The van der Waals surface area contributed by atoms with Gasteiger partial charge in [-0.2, -0.15) is 13.2 Å². The molecule has 1 aliphatic rings. The molecule has 4 nitrogen and oxygen atoms in total. The number of anilines is 1. The van der Waals surface area contributed by atoms with Crippen LogP contribution in [-0.4, -0.2) is 35.3 Å². The standard InChI is InChI=1S/C13H17F3N2O2S/c1-7(2)9-10(11(19)20)21-12(17-9)18-5-3-8(4-6-18)13(14,15)16/h7-8H,3-6H2,1-2H3,(H,19,20). The third-order valence-corrected chi connectivity index (χ3v) is 4.73. The number of aromatic carboxylic acids is 1. The van der Waals surface area contributed by atoms with Crippen molar-refractivity contribution >= 4 is 22.4 Å².